The summed E-state index contributed by atoms with van der Waals surface area (Å²) in [6.07, 6.45) is 0.488. The lowest BCUT2D eigenvalue weighted by atomic mass is 10.0. The molecule has 8 heteroatoms. The smallest absolute Gasteiger partial charge is 0.252 e. The Bertz CT molecular complexity index is 1510. The van der Waals surface area contributed by atoms with Crippen molar-refractivity contribution in [1.82, 2.24) is 20.1 Å². The molecule has 0 radical (unpaired) electrons. The zero-order valence-corrected chi connectivity index (χ0v) is 20.8. The summed E-state index contributed by atoms with van der Waals surface area (Å²) in [6, 6.07) is 19.1. The number of nitrogens with one attached hydrogen (secondary N) is 1. The molecule has 2 atom stereocenters. The van der Waals surface area contributed by atoms with Crippen molar-refractivity contribution in [3.63, 3.8) is 0 Å². The van der Waals surface area contributed by atoms with Gasteiger partial charge >= 0.3 is 0 Å². The van der Waals surface area contributed by atoms with Crippen LogP contribution in [0.5, 0.6) is 0 Å². The molecule has 1 saturated heterocycles. The van der Waals surface area contributed by atoms with Gasteiger partial charge in [-0.15, -0.1) is 0 Å². The van der Waals surface area contributed by atoms with Gasteiger partial charge in [0.2, 0.25) is 0 Å². The monoisotopic (exact) mass is 488 g/mol. The highest BCUT2D eigenvalue weighted by Crippen LogP contribution is 2.32. The van der Waals surface area contributed by atoms with E-state index in [1.165, 1.54) is 0 Å². The number of fused-ring (bicyclic) bond motifs is 1. The summed E-state index contributed by atoms with van der Waals surface area (Å²) in [6.45, 7) is 5.81. The average molecular weight is 489 g/mol. The molecule has 0 spiro atoms. The van der Waals surface area contributed by atoms with Crippen molar-refractivity contribution in [3.8, 4) is 11.3 Å². The Morgan fingerprint density at radius 1 is 1.09 bits per heavy atom. The van der Waals surface area contributed by atoms with Gasteiger partial charge in [0.15, 0.2) is 15.5 Å². The van der Waals surface area contributed by atoms with Crippen LogP contribution in [0.4, 0.5) is 0 Å². The van der Waals surface area contributed by atoms with Gasteiger partial charge in [0.25, 0.3) is 5.91 Å². The Labute approximate surface area is 205 Å². The minimum absolute atomic E-state index is 0.0340. The van der Waals surface area contributed by atoms with Crippen molar-refractivity contribution in [2.75, 3.05) is 11.5 Å². The lowest BCUT2D eigenvalue weighted by Crippen LogP contribution is -2.27. The van der Waals surface area contributed by atoms with E-state index in [0.29, 0.717) is 34.4 Å². The first kappa shape index (κ1) is 23.2. The molecular formula is C27H28N4O3S. The van der Waals surface area contributed by atoms with E-state index in [1.54, 1.807) is 4.68 Å². The third-order valence-electron chi connectivity index (χ3n) is 6.63. The van der Waals surface area contributed by atoms with Crippen LogP contribution in [0.25, 0.3) is 22.3 Å². The van der Waals surface area contributed by atoms with Crippen LogP contribution in [0.1, 0.15) is 52.6 Å². The summed E-state index contributed by atoms with van der Waals surface area (Å²) < 4.78 is 26.1. The Morgan fingerprint density at radius 3 is 2.46 bits per heavy atom. The maximum atomic E-state index is 13.6. The van der Waals surface area contributed by atoms with Crippen LogP contribution in [-0.4, -0.2) is 40.6 Å². The fourth-order valence-corrected chi connectivity index (χ4v) is 6.38. The molecule has 4 aromatic rings. The third kappa shape index (κ3) is 4.58. The number of rotatable bonds is 5. The highest BCUT2D eigenvalue weighted by Gasteiger charge is 2.32. The molecule has 180 valence electrons. The standard InChI is InChI=1S/C27H28N4O3S/c1-17-9-11-21(12-10-17)24-15-23(27(32)28-18(2)20-7-5-4-6-8-20)25-19(3)30-31(26(25)29-24)22-13-14-35(33,34)16-22/h4-12,15,18,22H,13-14,16H2,1-3H3,(H,28,32). The summed E-state index contributed by atoms with van der Waals surface area (Å²) >= 11 is 0. The predicted molar refractivity (Wildman–Crippen MR) is 137 cm³/mol. The SMILES string of the molecule is Cc1ccc(-c2cc(C(=O)NC(C)c3ccccc3)c3c(C)nn(C4CCS(=O)(=O)C4)c3n2)cc1. The summed E-state index contributed by atoms with van der Waals surface area (Å²) in [7, 11) is -3.11. The van der Waals surface area contributed by atoms with E-state index < -0.39 is 9.84 Å². The fraction of sp³-hybridized carbons (Fsp3) is 0.296. The first-order valence-corrected chi connectivity index (χ1v) is 13.6. The number of benzene rings is 2. The maximum Gasteiger partial charge on any atom is 0.252 e. The summed E-state index contributed by atoms with van der Waals surface area (Å²) in [5.74, 6) is -0.0482. The van der Waals surface area contributed by atoms with Crippen LogP contribution in [0.3, 0.4) is 0 Å². The second-order valence-electron chi connectivity index (χ2n) is 9.31. The van der Waals surface area contributed by atoms with Crippen LogP contribution >= 0.6 is 0 Å². The highest BCUT2D eigenvalue weighted by atomic mass is 32.2. The van der Waals surface area contributed by atoms with Crippen LogP contribution in [0, 0.1) is 13.8 Å². The van der Waals surface area contributed by atoms with Gasteiger partial charge in [0.1, 0.15) is 0 Å². The number of amides is 1. The van der Waals surface area contributed by atoms with E-state index in [-0.39, 0.29) is 29.5 Å². The minimum atomic E-state index is -3.11. The molecule has 1 amide bonds. The molecule has 1 N–H and O–H groups in total. The number of sulfone groups is 1. The first-order chi connectivity index (χ1) is 16.7. The van der Waals surface area contributed by atoms with E-state index in [9.17, 15) is 13.2 Å². The van der Waals surface area contributed by atoms with Crippen LogP contribution < -0.4 is 5.32 Å². The number of carbonyl (C=O) groups excluding carboxylic acids is 1. The Balaban J connectivity index is 1.64. The fourth-order valence-electron chi connectivity index (χ4n) is 4.69. The molecule has 1 fully saturated rings. The van der Waals surface area contributed by atoms with Crippen LogP contribution in [0.2, 0.25) is 0 Å². The second-order valence-corrected chi connectivity index (χ2v) is 11.5. The van der Waals surface area contributed by atoms with E-state index in [4.69, 9.17) is 4.98 Å². The van der Waals surface area contributed by atoms with Gasteiger partial charge in [-0.2, -0.15) is 5.10 Å². The third-order valence-corrected chi connectivity index (χ3v) is 8.38. The zero-order chi connectivity index (χ0) is 24.7. The van der Waals surface area contributed by atoms with E-state index in [0.717, 1.165) is 16.7 Å². The molecule has 2 aromatic carbocycles. The summed E-state index contributed by atoms with van der Waals surface area (Å²) in [4.78, 5) is 18.5. The number of aryl methyl sites for hydroxylation is 2. The van der Waals surface area contributed by atoms with E-state index in [2.05, 4.69) is 10.4 Å². The van der Waals surface area contributed by atoms with Gasteiger partial charge in [-0.05, 0) is 38.8 Å². The molecule has 0 saturated carbocycles. The summed E-state index contributed by atoms with van der Waals surface area (Å²) in [5.41, 5.74) is 5.35. The molecule has 0 aliphatic carbocycles. The molecule has 2 unspecified atom stereocenters. The van der Waals surface area contributed by atoms with Crippen molar-refractivity contribution in [1.29, 1.82) is 0 Å². The summed E-state index contributed by atoms with van der Waals surface area (Å²) in [5, 5.41) is 8.44. The molecule has 3 heterocycles. The molecule has 1 aliphatic rings. The quantitative estimate of drug-likeness (QED) is 0.444. The first-order valence-electron chi connectivity index (χ1n) is 11.7. The van der Waals surface area contributed by atoms with Gasteiger partial charge in [-0.1, -0.05) is 60.2 Å². The van der Waals surface area contributed by atoms with E-state index in [1.807, 2.05) is 81.4 Å². The van der Waals surface area contributed by atoms with E-state index >= 15 is 0 Å². The van der Waals surface area contributed by atoms with Gasteiger partial charge < -0.3 is 5.32 Å². The van der Waals surface area contributed by atoms with Crippen molar-refractivity contribution in [3.05, 3.63) is 83.0 Å². The Morgan fingerprint density at radius 2 is 1.80 bits per heavy atom. The molecule has 7 nitrogen and oxygen atoms in total. The predicted octanol–water partition coefficient (Wildman–Crippen LogP) is 4.57. The Hall–Kier alpha value is -3.52. The lowest BCUT2D eigenvalue weighted by Gasteiger charge is -2.16. The molecule has 35 heavy (non-hydrogen) atoms. The van der Waals surface area contributed by atoms with Crippen LogP contribution in [0.15, 0.2) is 60.7 Å². The average Bonchev–Trinajstić information content (AvgIpc) is 3.38. The number of carbonyl (C=O) groups is 1. The lowest BCUT2D eigenvalue weighted by molar-refractivity contribution is 0.0941. The number of pyridine rings is 1. The van der Waals surface area contributed by atoms with Gasteiger partial charge in [0, 0.05) is 5.56 Å². The normalized spacial score (nSPS) is 18.0. The van der Waals surface area contributed by atoms with Crippen molar-refractivity contribution >= 4 is 26.8 Å². The van der Waals surface area contributed by atoms with Gasteiger partial charge in [-0.25, -0.2) is 18.1 Å². The van der Waals surface area contributed by atoms with Crippen molar-refractivity contribution in [2.24, 2.45) is 0 Å². The largest absolute Gasteiger partial charge is 0.345 e. The molecule has 0 bridgehead atoms. The molecule has 5 rings (SSSR count). The zero-order valence-electron chi connectivity index (χ0n) is 20.0. The number of aromatic nitrogens is 3. The number of hydrogen-bond donors (Lipinski definition) is 1. The molecular weight excluding hydrogens is 460 g/mol. The van der Waals surface area contributed by atoms with Gasteiger partial charge in [-0.3, -0.25) is 4.79 Å². The minimum Gasteiger partial charge on any atom is -0.345 e. The topological polar surface area (TPSA) is 94.0 Å². The van der Waals surface area contributed by atoms with Gasteiger partial charge in [0.05, 0.1) is 45.9 Å². The van der Waals surface area contributed by atoms with Crippen molar-refractivity contribution < 1.29 is 13.2 Å². The maximum absolute atomic E-state index is 13.6. The number of hydrogen-bond acceptors (Lipinski definition) is 5. The second kappa shape index (κ2) is 8.92. The number of nitrogens with zero attached hydrogens (tertiary/aromatic N) is 3. The van der Waals surface area contributed by atoms with Crippen molar-refractivity contribution in [2.45, 2.75) is 39.3 Å². The molecule has 1 aliphatic heterocycles. The Kier molecular flexibility index (Phi) is 5.92. The molecule has 2 aromatic heterocycles. The van der Waals surface area contributed by atoms with Crippen LogP contribution in [-0.2, 0) is 9.84 Å². The highest BCUT2D eigenvalue weighted by molar-refractivity contribution is 7.91.